The molecule has 0 aliphatic carbocycles. The molecule has 0 spiro atoms. The van der Waals surface area contributed by atoms with Gasteiger partial charge in [0.2, 0.25) is 10.0 Å². The first-order chi connectivity index (χ1) is 16.1. The van der Waals surface area contributed by atoms with E-state index < -0.39 is 26.1 Å². The fraction of sp³-hybridized carbons (Fsp3) is 0.208. The van der Waals surface area contributed by atoms with Gasteiger partial charge in [0.25, 0.3) is 10.0 Å². The summed E-state index contributed by atoms with van der Waals surface area (Å²) in [5.41, 5.74) is 3.36. The maximum atomic E-state index is 13.6. The number of nitrogens with one attached hydrogen (secondary N) is 1. The van der Waals surface area contributed by atoms with Crippen LogP contribution < -0.4 is 9.46 Å². The number of sulfonamides is 2. The Balaban J connectivity index is 1.79. The van der Waals surface area contributed by atoms with E-state index in [1.165, 1.54) is 19.2 Å². The fourth-order valence-corrected chi connectivity index (χ4v) is 5.89. The highest BCUT2D eigenvalue weighted by Gasteiger charge is 2.38. The van der Waals surface area contributed by atoms with Crippen molar-refractivity contribution in [2.24, 2.45) is 5.10 Å². The largest absolute Gasteiger partial charge is 0.497 e. The minimum Gasteiger partial charge on any atom is -0.497 e. The van der Waals surface area contributed by atoms with Gasteiger partial charge in [-0.2, -0.15) is 17.9 Å². The second-order valence-corrected chi connectivity index (χ2v) is 11.6. The third-order valence-corrected chi connectivity index (χ3v) is 7.83. The van der Waals surface area contributed by atoms with Crippen LogP contribution in [0.25, 0.3) is 0 Å². The average molecular weight is 500 g/mol. The molecule has 34 heavy (non-hydrogen) atoms. The summed E-state index contributed by atoms with van der Waals surface area (Å²) in [6, 6.07) is 20.0. The smallest absolute Gasteiger partial charge is 0.279 e. The van der Waals surface area contributed by atoms with E-state index in [0.717, 1.165) is 21.8 Å². The Morgan fingerprint density at radius 1 is 0.971 bits per heavy atom. The molecule has 0 saturated carbocycles. The van der Waals surface area contributed by atoms with E-state index in [-0.39, 0.29) is 4.90 Å². The van der Waals surface area contributed by atoms with Crippen molar-refractivity contribution in [3.63, 3.8) is 0 Å². The summed E-state index contributed by atoms with van der Waals surface area (Å²) < 4.78 is 59.4. The van der Waals surface area contributed by atoms with Gasteiger partial charge in [-0.15, -0.1) is 0 Å². The van der Waals surface area contributed by atoms with Gasteiger partial charge in [0, 0.05) is 12.1 Å². The Morgan fingerprint density at radius 3 is 2.32 bits per heavy atom. The lowest BCUT2D eigenvalue weighted by Gasteiger charge is -2.24. The second kappa shape index (κ2) is 9.11. The van der Waals surface area contributed by atoms with Crippen molar-refractivity contribution in [3.8, 4) is 5.75 Å². The van der Waals surface area contributed by atoms with Gasteiger partial charge in [0.15, 0.2) is 0 Å². The summed E-state index contributed by atoms with van der Waals surface area (Å²) in [5.74, 6) is 0.551. The molecule has 8 nitrogen and oxygen atoms in total. The topological polar surface area (TPSA) is 105 Å². The van der Waals surface area contributed by atoms with Crippen LogP contribution in [-0.2, 0) is 20.0 Å². The SMILES string of the molecule is COc1ccc(S(=O)(=O)N2N=C(c3cccc(NS(C)(=O)=O)c3)CC2c2ccccc2C)cc1. The van der Waals surface area contributed by atoms with Crippen LogP contribution >= 0.6 is 0 Å². The third-order valence-electron chi connectivity index (χ3n) is 5.52. The molecule has 1 heterocycles. The van der Waals surface area contributed by atoms with Crippen molar-refractivity contribution >= 4 is 31.4 Å². The van der Waals surface area contributed by atoms with Crippen LogP contribution in [-0.4, -0.2) is 40.3 Å². The van der Waals surface area contributed by atoms with Crippen LogP contribution in [0.15, 0.2) is 82.8 Å². The third kappa shape index (κ3) is 4.92. The second-order valence-electron chi connectivity index (χ2n) is 8.03. The zero-order chi connectivity index (χ0) is 24.5. The van der Waals surface area contributed by atoms with Crippen molar-refractivity contribution in [2.45, 2.75) is 24.3 Å². The van der Waals surface area contributed by atoms with Gasteiger partial charge in [-0.05, 0) is 60.0 Å². The van der Waals surface area contributed by atoms with Gasteiger partial charge in [0.05, 0.1) is 30.0 Å². The maximum Gasteiger partial charge on any atom is 0.279 e. The molecule has 1 atom stereocenters. The summed E-state index contributed by atoms with van der Waals surface area (Å²) in [4.78, 5) is 0.101. The van der Waals surface area contributed by atoms with Crippen molar-refractivity contribution in [1.29, 1.82) is 0 Å². The Labute approximate surface area is 200 Å². The predicted octanol–water partition coefficient (Wildman–Crippen LogP) is 3.92. The molecule has 0 radical (unpaired) electrons. The number of hydrogen-bond donors (Lipinski definition) is 1. The Kier molecular flexibility index (Phi) is 6.37. The highest BCUT2D eigenvalue weighted by atomic mass is 32.2. The Hall–Kier alpha value is -3.37. The van der Waals surface area contributed by atoms with Crippen LogP contribution in [0, 0.1) is 6.92 Å². The van der Waals surface area contributed by atoms with Crippen LogP contribution in [0.5, 0.6) is 5.75 Å². The summed E-state index contributed by atoms with van der Waals surface area (Å²) >= 11 is 0. The van der Waals surface area contributed by atoms with E-state index in [4.69, 9.17) is 4.74 Å². The summed E-state index contributed by atoms with van der Waals surface area (Å²) in [6.45, 7) is 1.93. The number of aryl methyl sites for hydroxylation is 1. The Bertz CT molecular complexity index is 1450. The number of anilines is 1. The van der Waals surface area contributed by atoms with Crippen molar-refractivity contribution in [1.82, 2.24) is 4.41 Å². The summed E-state index contributed by atoms with van der Waals surface area (Å²) in [5, 5.41) is 4.54. The van der Waals surface area contributed by atoms with Crippen LogP contribution in [0.4, 0.5) is 5.69 Å². The highest BCUT2D eigenvalue weighted by molar-refractivity contribution is 7.92. The standard InChI is InChI=1S/C24H25N3O5S2/c1-17-7-4-5-10-22(17)24-16-23(18-8-6-9-19(15-18)26-33(3,28)29)25-27(24)34(30,31)21-13-11-20(32-2)12-14-21/h4-15,24,26H,16H2,1-3H3. The molecule has 10 heteroatoms. The lowest BCUT2D eigenvalue weighted by Crippen LogP contribution is -2.27. The molecule has 1 unspecified atom stereocenters. The van der Waals surface area contributed by atoms with E-state index in [1.807, 2.05) is 31.2 Å². The molecule has 0 saturated heterocycles. The average Bonchev–Trinajstić information content (AvgIpc) is 3.25. The van der Waals surface area contributed by atoms with E-state index in [9.17, 15) is 16.8 Å². The maximum absolute atomic E-state index is 13.6. The number of ether oxygens (including phenoxy) is 1. The van der Waals surface area contributed by atoms with Gasteiger partial charge >= 0.3 is 0 Å². The molecule has 0 aromatic heterocycles. The minimum absolute atomic E-state index is 0.101. The van der Waals surface area contributed by atoms with Gasteiger partial charge in [-0.25, -0.2) is 8.42 Å². The molecule has 3 aromatic rings. The fourth-order valence-electron chi connectivity index (χ4n) is 3.91. The quantitative estimate of drug-likeness (QED) is 0.531. The summed E-state index contributed by atoms with van der Waals surface area (Å²) in [7, 11) is -5.92. The van der Waals surface area contributed by atoms with Gasteiger partial charge in [-0.1, -0.05) is 36.4 Å². The zero-order valence-electron chi connectivity index (χ0n) is 19.0. The molecule has 0 bridgehead atoms. The molecular weight excluding hydrogens is 474 g/mol. The normalized spacial score (nSPS) is 16.3. The Morgan fingerprint density at radius 2 is 1.68 bits per heavy atom. The molecule has 4 rings (SSSR count). The highest BCUT2D eigenvalue weighted by Crippen LogP contribution is 2.38. The zero-order valence-corrected chi connectivity index (χ0v) is 20.6. The number of nitrogens with zero attached hydrogens (tertiary/aromatic N) is 2. The van der Waals surface area contributed by atoms with Gasteiger partial charge in [-0.3, -0.25) is 4.72 Å². The van der Waals surface area contributed by atoms with Gasteiger partial charge in [0.1, 0.15) is 5.75 Å². The van der Waals surface area contributed by atoms with E-state index in [0.29, 0.717) is 29.1 Å². The lowest BCUT2D eigenvalue weighted by molar-refractivity contribution is 0.370. The molecule has 1 aliphatic heterocycles. The number of benzene rings is 3. The molecule has 3 aromatic carbocycles. The van der Waals surface area contributed by atoms with Gasteiger partial charge < -0.3 is 4.74 Å². The van der Waals surface area contributed by atoms with Crippen molar-refractivity contribution in [3.05, 3.63) is 89.5 Å². The lowest BCUT2D eigenvalue weighted by atomic mass is 9.96. The number of hydrazone groups is 1. The van der Waals surface area contributed by atoms with E-state index in [1.54, 1.807) is 36.4 Å². The summed E-state index contributed by atoms with van der Waals surface area (Å²) in [6.07, 6.45) is 1.41. The molecule has 0 amide bonds. The van der Waals surface area contributed by atoms with Crippen molar-refractivity contribution in [2.75, 3.05) is 18.1 Å². The number of rotatable bonds is 7. The van der Waals surface area contributed by atoms with E-state index >= 15 is 0 Å². The molecule has 1 aliphatic rings. The first kappa shape index (κ1) is 23.8. The molecule has 178 valence electrons. The van der Waals surface area contributed by atoms with Crippen LogP contribution in [0.3, 0.4) is 0 Å². The predicted molar refractivity (Wildman–Crippen MR) is 132 cm³/mol. The van der Waals surface area contributed by atoms with Crippen molar-refractivity contribution < 1.29 is 21.6 Å². The number of hydrogen-bond acceptors (Lipinski definition) is 6. The van der Waals surface area contributed by atoms with E-state index in [2.05, 4.69) is 9.82 Å². The first-order valence-electron chi connectivity index (χ1n) is 10.5. The number of methoxy groups -OCH3 is 1. The van der Waals surface area contributed by atoms with Crippen LogP contribution in [0.1, 0.15) is 29.2 Å². The van der Waals surface area contributed by atoms with Crippen LogP contribution in [0.2, 0.25) is 0 Å². The molecule has 0 fully saturated rings. The molecule has 1 N–H and O–H groups in total. The first-order valence-corrected chi connectivity index (χ1v) is 13.8. The molecular formula is C24H25N3O5S2. The minimum atomic E-state index is -3.98. The monoisotopic (exact) mass is 499 g/mol.